The summed E-state index contributed by atoms with van der Waals surface area (Å²) in [6.45, 7) is 5.05. The summed E-state index contributed by atoms with van der Waals surface area (Å²) in [5, 5.41) is 8.46. The fourth-order valence-corrected chi connectivity index (χ4v) is 3.92. The van der Waals surface area contributed by atoms with Gasteiger partial charge < -0.3 is 10.6 Å². The van der Waals surface area contributed by atoms with E-state index in [2.05, 4.69) is 27.0 Å². The van der Waals surface area contributed by atoms with Crippen molar-refractivity contribution >= 4 is 17.2 Å². The first-order valence-electron chi connectivity index (χ1n) is 7.10. The summed E-state index contributed by atoms with van der Waals surface area (Å²) >= 11 is 1.68. The molecule has 1 aromatic heterocycles. The van der Waals surface area contributed by atoms with E-state index in [4.69, 9.17) is 0 Å². The maximum atomic E-state index is 12.2. The maximum absolute atomic E-state index is 12.2. The highest BCUT2D eigenvalue weighted by Crippen LogP contribution is 2.28. The van der Waals surface area contributed by atoms with E-state index in [-0.39, 0.29) is 11.9 Å². The summed E-state index contributed by atoms with van der Waals surface area (Å²) < 4.78 is 0. The van der Waals surface area contributed by atoms with E-state index in [1.165, 1.54) is 17.7 Å². The van der Waals surface area contributed by atoms with Gasteiger partial charge in [0.05, 0.1) is 0 Å². The Morgan fingerprint density at radius 3 is 2.89 bits per heavy atom. The first-order valence-corrected chi connectivity index (χ1v) is 7.98. The van der Waals surface area contributed by atoms with Crippen molar-refractivity contribution in [1.82, 2.24) is 15.5 Å². The average Bonchev–Trinajstić information content (AvgIpc) is 2.94. The number of nitrogens with zero attached hydrogens (tertiary/aromatic N) is 1. The van der Waals surface area contributed by atoms with E-state index in [1.54, 1.807) is 11.3 Å². The third kappa shape index (κ3) is 2.99. The van der Waals surface area contributed by atoms with E-state index < -0.39 is 0 Å². The zero-order valence-electron chi connectivity index (χ0n) is 11.1. The number of piperazine rings is 1. The number of nitrogens with one attached hydrogen (secondary N) is 2. The highest BCUT2D eigenvalue weighted by atomic mass is 32.1. The van der Waals surface area contributed by atoms with Crippen molar-refractivity contribution in [2.75, 3.05) is 32.7 Å². The van der Waals surface area contributed by atoms with Crippen LogP contribution in [0.2, 0.25) is 0 Å². The normalized spacial score (nSPS) is 26.3. The van der Waals surface area contributed by atoms with Gasteiger partial charge in [0.15, 0.2) is 0 Å². The smallest absolute Gasteiger partial charge is 0.242 e. The van der Waals surface area contributed by atoms with Gasteiger partial charge in [-0.15, -0.1) is 11.3 Å². The Hall–Kier alpha value is -0.910. The predicted octanol–water partition coefficient (Wildman–Crippen LogP) is 1.22. The fraction of sp³-hybridized carbons (Fsp3) is 0.643. The van der Waals surface area contributed by atoms with Gasteiger partial charge in [-0.1, -0.05) is 6.07 Å². The second-order valence-corrected chi connectivity index (χ2v) is 6.38. The van der Waals surface area contributed by atoms with Gasteiger partial charge in [-0.25, -0.2) is 0 Å². The minimum absolute atomic E-state index is 0.0661. The minimum atomic E-state index is -0.0661. The van der Waals surface area contributed by atoms with E-state index in [0.29, 0.717) is 0 Å². The van der Waals surface area contributed by atoms with Gasteiger partial charge in [0.25, 0.3) is 0 Å². The molecule has 3 heterocycles. The van der Waals surface area contributed by atoms with Crippen LogP contribution >= 0.6 is 11.3 Å². The van der Waals surface area contributed by atoms with E-state index in [1.807, 2.05) is 6.07 Å². The molecule has 2 saturated heterocycles. The van der Waals surface area contributed by atoms with Gasteiger partial charge in [-0.05, 0) is 43.3 Å². The SMILES string of the molecule is O=C1NCCN(CC2CCNCC2)C1c1cccs1. The molecule has 4 nitrogen and oxygen atoms in total. The molecule has 0 spiro atoms. The average molecular weight is 279 g/mol. The van der Waals surface area contributed by atoms with Crippen molar-refractivity contribution in [2.45, 2.75) is 18.9 Å². The molecule has 0 radical (unpaired) electrons. The van der Waals surface area contributed by atoms with Gasteiger partial charge >= 0.3 is 0 Å². The number of piperidine rings is 1. The Kier molecular flexibility index (Phi) is 4.15. The highest BCUT2D eigenvalue weighted by molar-refractivity contribution is 7.10. The molecule has 0 aromatic carbocycles. The molecule has 2 aliphatic rings. The number of rotatable bonds is 3. The Labute approximate surface area is 118 Å². The third-order valence-electron chi connectivity index (χ3n) is 4.08. The minimum Gasteiger partial charge on any atom is -0.353 e. The van der Waals surface area contributed by atoms with Gasteiger partial charge in [0.1, 0.15) is 6.04 Å². The van der Waals surface area contributed by atoms with Crippen LogP contribution in [0.25, 0.3) is 0 Å². The van der Waals surface area contributed by atoms with Crippen LogP contribution in [0.4, 0.5) is 0 Å². The molecule has 1 aromatic rings. The molecule has 3 rings (SSSR count). The quantitative estimate of drug-likeness (QED) is 0.874. The van der Waals surface area contributed by atoms with Crippen molar-refractivity contribution in [3.05, 3.63) is 22.4 Å². The van der Waals surface area contributed by atoms with Crippen LogP contribution < -0.4 is 10.6 Å². The van der Waals surface area contributed by atoms with Crippen molar-refractivity contribution in [1.29, 1.82) is 0 Å². The molecule has 2 fully saturated rings. The summed E-state index contributed by atoms with van der Waals surface area (Å²) in [6, 6.07) is 4.05. The zero-order chi connectivity index (χ0) is 13.1. The molecule has 2 aliphatic heterocycles. The topological polar surface area (TPSA) is 44.4 Å². The van der Waals surface area contributed by atoms with Crippen LogP contribution in [0, 0.1) is 5.92 Å². The van der Waals surface area contributed by atoms with Crippen LogP contribution in [0.1, 0.15) is 23.8 Å². The Morgan fingerprint density at radius 1 is 1.32 bits per heavy atom. The van der Waals surface area contributed by atoms with Crippen molar-refractivity contribution < 1.29 is 4.79 Å². The van der Waals surface area contributed by atoms with Crippen LogP contribution in [0.5, 0.6) is 0 Å². The highest BCUT2D eigenvalue weighted by Gasteiger charge is 2.33. The fourth-order valence-electron chi connectivity index (χ4n) is 3.06. The molecule has 1 atom stereocenters. The Bertz CT molecular complexity index is 414. The second-order valence-electron chi connectivity index (χ2n) is 5.40. The lowest BCUT2D eigenvalue weighted by molar-refractivity contribution is -0.129. The summed E-state index contributed by atoms with van der Waals surface area (Å²) in [5.41, 5.74) is 0. The monoisotopic (exact) mass is 279 g/mol. The number of thiophene rings is 1. The first kappa shape index (κ1) is 13.1. The molecule has 19 heavy (non-hydrogen) atoms. The van der Waals surface area contributed by atoms with Crippen molar-refractivity contribution in [3.63, 3.8) is 0 Å². The molecule has 5 heteroatoms. The standard InChI is InChI=1S/C14H21N3OS/c18-14-13(12-2-1-9-19-12)17(8-7-16-14)10-11-3-5-15-6-4-11/h1-2,9,11,13,15H,3-8,10H2,(H,16,18). The molecular weight excluding hydrogens is 258 g/mol. The lowest BCUT2D eigenvalue weighted by Crippen LogP contribution is -2.51. The Morgan fingerprint density at radius 2 is 2.16 bits per heavy atom. The summed E-state index contributed by atoms with van der Waals surface area (Å²) in [6.07, 6.45) is 2.46. The van der Waals surface area contributed by atoms with Crippen LogP contribution in [-0.4, -0.2) is 43.5 Å². The lowest BCUT2D eigenvalue weighted by atomic mass is 9.96. The largest absolute Gasteiger partial charge is 0.353 e. The molecule has 0 bridgehead atoms. The summed E-state index contributed by atoms with van der Waals surface area (Å²) in [4.78, 5) is 15.7. The van der Waals surface area contributed by atoms with E-state index in [9.17, 15) is 4.79 Å². The number of hydrogen-bond donors (Lipinski definition) is 2. The zero-order valence-corrected chi connectivity index (χ0v) is 11.9. The third-order valence-corrected chi connectivity index (χ3v) is 5.00. The second kappa shape index (κ2) is 6.03. The van der Waals surface area contributed by atoms with Gasteiger partial charge in [0.2, 0.25) is 5.91 Å². The first-order chi connectivity index (χ1) is 9.34. The van der Waals surface area contributed by atoms with Crippen molar-refractivity contribution in [3.8, 4) is 0 Å². The van der Waals surface area contributed by atoms with Crippen LogP contribution in [0.3, 0.4) is 0 Å². The number of carbonyl (C=O) groups is 1. The van der Waals surface area contributed by atoms with E-state index in [0.717, 1.165) is 38.6 Å². The maximum Gasteiger partial charge on any atom is 0.242 e. The predicted molar refractivity (Wildman–Crippen MR) is 77.2 cm³/mol. The molecule has 1 amide bonds. The molecule has 0 saturated carbocycles. The molecule has 2 N–H and O–H groups in total. The van der Waals surface area contributed by atoms with Gasteiger partial charge in [0, 0.05) is 24.5 Å². The van der Waals surface area contributed by atoms with E-state index >= 15 is 0 Å². The lowest BCUT2D eigenvalue weighted by Gasteiger charge is -2.37. The molecule has 0 aliphatic carbocycles. The number of amides is 1. The van der Waals surface area contributed by atoms with Gasteiger partial charge in [-0.2, -0.15) is 0 Å². The van der Waals surface area contributed by atoms with Crippen molar-refractivity contribution in [2.24, 2.45) is 5.92 Å². The van der Waals surface area contributed by atoms with Crippen LogP contribution in [0.15, 0.2) is 17.5 Å². The molecule has 104 valence electrons. The summed E-state index contributed by atoms with van der Waals surface area (Å²) in [5.74, 6) is 0.900. The number of hydrogen-bond acceptors (Lipinski definition) is 4. The summed E-state index contributed by atoms with van der Waals surface area (Å²) in [7, 11) is 0. The van der Waals surface area contributed by atoms with Gasteiger partial charge in [-0.3, -0.25) is 9.69 Å². The van der Waals surface area contributed by atoms with Crippen LogP contribution in [-0.2, 0) is 4.79 Å². The molecular formula is C14H21N3OS. The molecule has 1 unspecified atom stereocenters. The Balaban J connectivity index is 1.71. The number of carbonyl (C=O) groups excluding carboxylic acids is 1.